The molecule has 2 aliphatic rings. The van der Waals surface area contributed by atoms with Crippen molar-refractivity contribution in [3.8, 4) is 0 Å². The standard InChI is InChI=1S/C15H24N4O/c1-2-11-6-3-4-7-12(11)17-14(20)13-10-19-9-5-8-16-15(19)18-13/h10-12H,2-9H2,1H3,(H,16,18)(H,17,20). The summed E-state index contributed by atoms with van der Waals surface area (Å²) in [6.07, 6.45) is 8.98. The summed E-state index contributed by atoms with van der Waals surface area (Å²) in [6, 6.07) is 0.327. The molecule has 5 nitrogen and oxygen atoms in total. The smallest absolute Gasteiger partial charge is 0.271 e. The van der Waals surface area contributed by atoms with Crippen molar-refractivity contribution in [2.45, 2.75) is 58.0 Å². The van der Waals surface area contributed by atoms with E-state index in [9.17, 15) is 4.79 Å². The molecule has 1 aromatic heterocycles. The number of nitrogens with zero attached hydrogens (tertiary/aromatic N) is 2. The lowest BCUT2D eigenvalue weighted by atomic mass is 9.83. The van der Waals surface area contributed by atoms with E-state index in [0.29, 0.717) is 17.7 Å². The van der Waals surface area contributed by atoms with Crippen LogP contribution < -0.4 is 10.6 Å². The summed E-state index contributed by atoms with van der Waals surface area (Å²) >= 11 is 0. The van der Waals surface area contributed by atoms with Gasteiger partial charge >= 0.3 is 0 Å². The highest BCUT2D eigenvalue weighted by Gasteiger charge is 2.26. The fraction of sp³-hybridized carbons (Fsp3) is 0.733. The van der Waals surface area contributed by atoms with Gasteiger partial charge in [0.25, 0.3) is 5.91 Å². The van der Waals surface area contributed by atoms with Crippen LogP contribution in [-0.4, -0.2) is 28.0 Å². The average Bonchev–Trinajstić information content (AvgIpc) is 2.92. The van der Waals surface area contributed by atoms with Gasteiger partial charge in [-0.25, -0.2) is 4.98 Å². The molecule has 2 atom stereocenters. The van der Waals surface area contributed by atoms with Crippen LogP contribution in [0, 0.1) is 5.92 Å². The molecule has 1 aromatic rings. The maximum Gasteiger partial charge on any atom is 0.271 e. The molecular weight excluding hydrogens is 252 g/mol. The molecule has 0 aromatic carbocycles. The number of aromatic nitrogens is 2. The van der Waals surface area contributed by atoms with Crippen LogP contribution in [0.2, 0.25) is 0 Å². The van der Waals surface area contributed by atoms with Crippen molar-refractivity contribution >= 4 is 11.9 Å². The number of carbonyl (C=O) groups excluding carboxylic acids is 1. The Labute approximate surface area is 120 Å². The van der Waals surface area contributed by atoms with E-state index in [1.165, 1.54) is 19.3 Å². The molecule has 5 heteroatoms. The van der Waals surface area contributed by atoms with Crippen LogP contribution in [0.15, 0.2) is 6.20 Å². The highest BCUT2D eigenvalue weighted by molar-refractivity contribution is 5.92. The summed E-state index contributed by atoms with van der Waals surface area (Å²) in [5, 5.41) is 6.44. The summed E-state index contributed by atoms with van der Waals surface area (Å²) < 4.78 is 2.04. The number of anilines is 1. The van der Waals surface area contributed by atoms with Gasteiger partial charge in [-0.05, 0) is 25.2 Å². The van der Waals surface area contributed by atoms with Crippen molar-refractivity contribution in [3.63, 3.8) is 0 Å². The third-order valence-corrected chi connectivity index (χ3v) is 4.62. The van der Waals surface area contributed by atoms with Crippen LogP contribution in [0.4, 0.5) is 5.95 Å². The first-order valence-corrected chi connectivity index (χ1v) is 7.90. The molecule has 1 amide bonds. The molecule has 0 spiro atoms. The monoisotopic (exact) mass is 276 g/mol. The van der Waals surface area contributed by atoms with E-state index in [0.717, 1.165) is 38.3 Å². The lowest BCUT2D eigenvalue weighted by Crippen LogP contribution is -2.42. The Bertz CT molecular complexity index is 459. The van der Waals surface area contributed by atoms with Gasteiger partial charge in [-0.2, -0.15) is 0 Å². The van der Waals surface area contributed by atoms with E-state index in [2.05, 4.69) is 22.5 Å². The summed E-state index contributed by atoms with van der Waals surface area (Å²) in [5.41, 5.74) is 0.551. The SMILES string of the molecule is CCC1CCCCC1NC(=O)c1cn2c(n1)NCCC2. The maximum absolute atomic E-state index is 12.4. The predicted molar refractivity (Wildman–Crippen MR) is 78.8 cm³/mol. The summed E-state index contributed by atoms with van der Waals surface area (Å²) in [6.45, 7) is 4.11. The minimum atomic E-state index is -0.0148. The number of imidazole rings is 1. The molecule has 1 aliphatic carbocycles. The van der Waals surface area contributed by atoms with Crippen molar-refractivity contribution in [1.29, 1.82) is 0 Å². The van der Waals surface area contributed by atoms with Crippen LogP contribution in [0.3, 0.4) is 0 Å². The molecule has 0 bridgehead atoms. The van der Waals surface area contributed by atoms with E-state index in [1.807, 2.05) is 10.8 Å². The molecule has 3 rings (SSSR count). The number of aryl methyl sites for hydroxylation is 1. The highest BCUT2D eigenvalue weighted by Crippen LogP contribution is 2.27. The van der Waals surface area contributed by atoms with Gasteiger partial charge in [-0.1, -0.05) is 26.2 Å². The molecule has 0 radical (unpaired) electrons. The van der Waals surface area contributed by atoms with E-state index < -0.39 is 0 Å². The van der Waals surface area contributed by atoms with Gasteiger partial charge in [-0.3, -0.25) is 4.79 Å². The van der Waals surface area contributed by atoms with Crippen LogP contribution >= 0.6 is 0 Å². The number of fused-ring (bicyclic) bond motifs is 1. The van der Waals surface area contributed by atoms with Gasteiger partial charge in [0.15, 0.2) is 0 Å². The van der Waals surface area contributed by atoms with Crippen LogP contribution in [0.1, 0.15) is 55.9 Å². The summed E-state index contributed by atoms with van der Waals surface area (Å²) in [5.74, 6) is 1.44. The maximum atomic E-state index is 12.4. The minimum Gasteiger partial charge on any atom is -0.356 e. The fourth-order valence-electron chi connectivity index (χ4n) is 3.42. The number of amides is 1. The quantitative estimate of drug-likeness (QED) is 0.891. The Morgan fingerprint density at radius 2 is 2.30 bits per heavy atom. The van der Waals surface area contributed by atoms with E-state index in [-0.39, 0.29) is 5.91 Å². The number of carbonyl (C=O) groups is 1. The van der Waals surface area contributed by atoms with Gasteiger partial charge in [0.2, 0.25) is 5.95 Å². The molecule has 0 saturated heterocycles. The third kappa shape index (κ3) is 2.67. The summed E-state index contributed by atoms with van der Waals surface area (Å²) in [7, 11) is 0. The third-order valence-electron chi connectivity index (χ3n) is 4.62. The van der Waals surface area contributed by atoms with Gasteiger partial charge in [0.05, 0.1) is 0 Å². The molecule has 2 heterocycles. The van der Waals surface area contributed by atoms with Gasteiger partial charge in [-0.15, -0.1) is 0 Å². The second-order valence-corrected chi connectivity index (χ2v) is 5.96. The molecule has 2 unspecified atom stereocenters. The van der Waals surface area contributed by atoms with E-state index in [1.54, 1.807) is 0 Å². The van der Waals surface area contributed by atoms with Crippen LogP contribution in [0.5, 0.6) is 0 Å². The largest absolute Gasteiger partial charge is 0.356 e. The second-order valence-electron chi connectivity index (χ2n) is 5.96. The number of hydrogen-bond acceptors (Lipinski definition) is 3. The summed E-state index contributed by atoms with van der Waals surface area (Å²) in [4.78, 5) is 16.8. The zero-order valence-corrected chi connectivity index (χ0v) is 12.2. The molecular formula is C15H24N4O. The van der Waals surface area contributed by atoms with Crippen LogP contribution in [0.25, 0.3) is 0 Å². The molecule has 1 saturated carbocycles. The van der Waals surface area contributed by atoms with Gasteiger partial charge in [0.1, 0.15) is 5.69 Å². The Balaban J connectivity index is 1.67. The van der Waals surface area contributed by atoms with Crippen molar-refractivity contribution in [3.05, 3.63) is 11.9 Å². The highest BCUT2D eigenvalue weighted by atomic mass is 16.2. The lowest BCUT2D eigenvalue weighted by Gasteiger charge is -2.31. The second kappa shape index (κ2) is 5.85. The number of hydrogen-bond donors (Lipinski definition) is 2. The van der Waals surface area contributed by atoms with Crippen molar-refractivity contribution < 1.29 is 4.79 Å². The van der Waals surface area contributed by atoms with Crippen molar-refractivity contribution in [1.82, 2.24) is 14.9 Å². The molecule has 1 fully saturated rings. The first-order valence-electron chi connectivity index (χ1n) is 7.90. The predicted octanol–water partition coefficient (Wildman–Crippen LogP) is 2.40. The number of nitrogens with one attached hydrogen (secondary N) is 2. The fourth-order valence-corrected chi connectivity index (χ4v) is 3.42. The first-order chi connectivity index (χ1) is 9.78. The Kier molecular flexibility index (Phi) is 3.94. The van der Waals surface area contributed by atoms with Gasteiger partial charge in [0, 0.05) is 25.3 Å². The zero-order chi connectivity index (χ0) is 13.9. The van der Waals surface area contributed by atoms with Crippen molar-refractivity contribution in [2.75, 3.05) is 11.9 Å². The van der Waals surface area contributed by atoms with Crippen LogP contribution in [-0.2, 0) is 6.54 Å². The zero-order valence-electron chi connectivity index (χ0n) is 12.2. The number of rotatable bonds is 3. The minimum absolute atomic E-state index is 0.0148. The average molecular weight is 276 g/mol. The molecule has 1 aliphatic heterocycles. The molecule has 20 heavy (non-hydrogen) atoms. The topological polar surface area (TPSA) is 59.0 Å². The Hall–Kier alpha value is -1.52. The van der Waals surface area contributed by atoms with E-state index >= 15 is 0 Å². The van der Waals surface area contributed by atoms with Crippen molar-refractivity contribution in [2.24, 2.45) is 5.92 Å². The molecule has 2 N–H and O–H groups in total. The van der Waals surface area contributed by atoms with E-state index in [4.69, 9.17) is 0 Å². The normalized spacial score (nSPS) is 25.6. The Morgan fingerprint density at radius 3 is 3.10 bits per heavy atom. The lowest BCUT2D eigenvalue weighted by molar-refractivity contribution is 0.0900. The van der Waals surface area contributed by atoms with Gasteiger partial charge < -0.3 is 15.2 Å². The Morgan fingerprint density at radius 1 is 1.45 bits per heavy atom. The first kappa shape index (κ1) is 13.5. The molecule has 110 valence electrons.